The van der Waals surface area contributed by atoms with Crippen LogP contribution in [-0.2, 0) is 0 Å². The highest BCUT2D eigenvalue weighted by molar-refractivity contribution is 6.31. The number of halogens is 1. The van der Waals surface area contributed by atoms with E-state index in [0.717, 1.165) is 54.5 Å². The van der Waals surface area contributed by atoms with Crippen molar-refractivity contribution < 1.29 is 42.5 Å². The minimum Gasteiger partial charge on any atom is -0.493 e. The van der Waals surface area contributed by atoms with E-state index >= 15 is 0 Å². The molecule has 1 aliphatic rings. The van der Waals surface area contributed by atoms with Gasteiger partial charge in [-0.15, -0.1) is 0 Å². The lowest BCUT2D eigenvalue weighted by atomic mass is 10.1. The third-order valence-corrected chi connectivity index (χ3v) is 9.28. The number of fused-ring (bicyclic) bond motifs is 1. The van der Waals surface area contributed by atoms with Gasteiger partial charge in [0.05, 0.1) is 59.9 Å². The van der Waals surface area contributed by atoms with E-state index in [1.807, 2.05) is 54.6 Å². The molecule has 1 aliphatic heterocycles. The van der Waals surface area contributed by atoms with Gasteiger partial charge in [0.1, 0.15) is 11.9 Å². The summed E-state index contributed by atoms with van der Waals surface area (Å²) in [5.74, 6) is 4.33. The van der Waals surface area contributed by atoms with Crippen molar-refractivity contribution in [2.45, 2.75) is 38.3 Å². The molecule has 2 N–H and O–H groups in total. The van der Waals surface area contributed by atoms with Gasteiger partial charge in [-0.3, -0.25) is 4.79 Å². The number of hydrogen-bond donors (Lipinski definition) is 2. The second-order valence-corrected chi connectivity index (χ2v) is 12.9. The van der Waals surface area contributed by atoms with Crippen molar-refractivity contribution in [2.24, 2.45) is 0 Å². The Kier molecular flexibility index (Phi) is 12.6. The molecule has 13 heteroatoms. The number of benzene rings is 4. The molecule has 6 rings (SSSR count). The minimum absolute atomic E-state index is 0.191. The summed E-state index contributed by atoms with van der Waals surface area (Å²) in [4.78, 5) is 12.7. The molecule has 1 amide bonds. The Balaban J connectivity index is 0.951. The normalized spacial score (nSPS) is 13.3. The summed E-state index contributed by atoms with van der Waals surface area (Å²) in [6.45, 7) is 1.11. The summed E-state index contributed by atoms with van der Waals surface area (Å²) in [7, 11) is 7.91. The summed E-state index contributed by atoms with van der Waals surface area (Å²) in [6, 6.07) is 22.0. The van der Waals surface area contributed by atoms with Crippen LogP contribution in [0, 0.1) is 0 Å². The second-order valence-electron chi connectivity index (χ2n) is 12.4. The summed E-state index contributed by atoms with van der Waals surface area (Å²) in [6.07, 6.45) is 4.44. The number of nitrogens with zero attached hydrogens (tertiary/aromatic N) is 1. The number of unbranched alkanes of at least 4 members (excludes halogenated alkanes) is 4. The number of rotatable bonds is 18. The number of hydrogen-bond acceptors (Lipinski definition) is 11. The van der Waals surface area contributed by atoms with Crippen LogP contribution >= 0.6 is 11.6 Å². The highest BCUT2D eigenvalue weighted by atomic mass is 35.5. The topological polar surface area (TPSA) is 132 Å². The van der Waals surface area contributed by atoms with Gasteiger partial charge in [-0.2, -0.15) is 0 Å². The van der Waals surface area contributed by atoms with Crippen molar-refractivity contribution in [1.82, 2.24) is 10.5 Å². The van der Waals surface area contributed by atoms with Gasteiger partial charge in [-0.05, 0) is 73.0 Å². The number of nitrogens with one attached hydrogen (secondary N) is 2. The highest BCUT2D eigenvalue weighted by Crippen LogP contribution is 2.43. The molecular formula is C41H44ClN3O9. The third-order valence-electron chi connectivity index (χ3n) is 9.05. The first-order valence-electron chi connectivity index (χ1n) is 17.6. The standard InChI is InChI=1S/C41H44ClN3O9/c1-47-35-20-25(40-43-30-16-15-27(42)23-29(30)41(46)44-40)14-17-32(35)52-18-9-7-6-8-10-19-53-33-13-11-12-28(38(33)50-4)34-24-31(45-54-34)26-21-36(48-2)39(51-5)37(22-26)49-3/h11-17,20-24,40,43H,6-10,18-19H2,1-5H3,(H,44,46). The van der Waals surface area contributed by atoms with E-state index in [-0.39, 0.29) is 5.91 Å². The Labute approximate surface area is 319 Å². The van der Waals surface area contributed by atoms with E-state index in [0.29, 0.717) is 75.5 Å². The highest BCUT2D eigenvalue weighted by Gasteiger charge is 2.26. The quantitative estimate of drug-likeness (QED) is 0.0831. The molecule has 1 aromatic heterocycles. The molecule has 0 spiro atoms. The Morgan fingerprint density at radius 3 is 2.02 bits per heavy atom. The maximum Gasteiger partial charge on any atom is 0.255 e. The Bertz CT molecular complexity index is 2040. The van der Waals surface area contributed by atoms with Gasteiger partial charge < -0.3 is 48.3 Å². The van der Waals surface area contributed by atoms with Crippen molar-refractivity contribution in [2.75, 3.05) is 54.1 Å². The molecule has 284 valence electrons. The van der Waals surface area contributed by atoms with Crippen LogP contribution in [0.5, 0.6) is 40.2 Å². The van der Waals surface area contributed by atoms with E-state index in [1.165, 1.54) is 0 Å². The maximum absolute atomic E-state index is 12.7. The smallest absolute Gasteiger partial charge is 0.255 e. The molecule has 0 aliphatic carbocycles. The molecule has 0 fully saturated rings. The molecule has 12 nitrogen and oxygen atoms in total. The minimum atomic E-state index is -0.411. The molecule has 1 unspecified atom stereocenters. The monoisotopic (exact) mass is 757 g/mol. The van der Waals surface area contributed by atoms with Crippen LogP contribution < -0.4 is 43.8 Å². The molecule has 2 heterocycles. The van der Waals surface area contributed by atoms with E-state index < -0.39 is 6.17 Å². The van der Waals surface area contributed by atoms with Gasteiger partial charge in [-0.25, -0.2) is 0 Å². The van der Waals surface area contributed by atoms with Gasteiger partial charge in [0.2, 0.25) is 5.75 Å². The first-order chi connectivity index (χ1) is 26.4. The van der Waals surface area contributed by atoms with Crippen molar-refractivity contribution >= 4 is 23.2 Å². The average Bonchev–Trinajstić information content (AvgIpc) is 3.70. The second kappa shape index (κ2) is 17.8. The Morgan fingerprint density at radius 2 is 1.33 bits per heavy atom. The van der Waals surface area contributed by atoms with Crippen molar-refractivity contribution in [1.29, 1.82) is 0 Å². The number of carbonyl (C=O) groups is 1. The van der Waals surface area contributed by atoms with E-state index in [2.05, 4.69) is 15.8 Å². The van der Waals surface area contributed by atoms with Crippen LogP contribution in [0.15, 0.2) is 77.3 Å². The fourth-order valence-electron chi connectivity index (χ4n) is 6.28. The van der Waals surface area contributed by atoms with Crippen LogP contribution in [0.4, 0.5) is 5.69 Å². The van der Waals surface area contributed by atoms with Crippen molar-refractivity contribution in [3.8, 4) is 62.8 Å². The van der Waals surface area contributed by atoms with Crippen LogP contribution in [-0.4, -0.2) is 59.8 Å². The van der Waals surface area contributed by atoms with Crippen LogP contribution in [0.2, 0.25) is 5.02 Å². The van der Waals surface area contributed by atoms with Crippen LogP contribution in [0.25, 0.3) is 22.6 Å². The number of anilines is 1. The van der Waals surface area contributed by atoms with Gasteiger partial charge >= 0.3 is 0 Å². The lowest BCUT2D eigenvalue weighted by Gasteiger charge is -2.28. The predicted molar refractivity (Wildman–Crippen MR) is 206 cm³/mol. The summed E-state index contributed by atoms with van der Waals surface area (Å²) < 4.78 is 45.8. The zero-order valence-corrected chi connectivity index (χ0v) is 31.7. The van der Waals surface area contributed by atoms with Crippen molar-refractivity contribution in [3.63, 3.8) is 0 Å². The predicted octanol–water partition coefficient (Wildman–Crippen LogP) is 8.97. The summed E-state index contributed by atoms with van der Waals surface area (Å²) in [5.41, 5.74) is 4.15. The molecule has 5 aromatic rings. The molecule has 0 bridgehead atoms. The number of aromatic nitrogens is 1. The van der Waals surface area contributed by atoms with E-state index in [4.69, 9.17) is 49.3 Å². The average molecular weight is 758 g/mol. The third kappa shape index (κ3) is 8.55. The first kappa shape index (κ1) is 38.0. The zero-order valence-electron chi connectivity index (χ0n) is 31.0. The molecule has 4 aromatic carbocycles. The molecule has 0 saturated heterocycles. The molecule has 0 saturated carbocycles. The fourth-order valence-corrected chi connectivity index (χ4v) is 6.45. The molecular weight excluding hydrogens is 714 g/mol. The maximum atomic E-state index is 12.7. The van der Waals surface area contributed by atoms with Gasteiger partial charge in [-0.1, -0.05) is 48.2 Å². The summed E-state index contributed by atoms with van der Waals surface area (Å²) in [5, 5.41) is 11.1. The number of amides is 1. The molecule has 54 heavy (non-hydrogen) atoms. The molecule has 1 atom stereocenters. The summed E-state index contributed by atoms with van der Waals surface area (Å²) >= 11 is 6.07. The lowest BCUT2D eigenvalue weighted by Crippen LogP contribution is -2.38. The van der Waals surface area contributed by atoms with Crippen LogP contribution in [0.1, 0.15) is 54.2 Å². The number of carbonyl (C=O) groups excluding carboxylic acids is 1. The van der Waals surface area contributed by atoms with Gasteiger partial charge in [0.25, 0.3) is 5.91 Å². The SMILES string of the molecule is COc1cc(C2NC(=O)c3cc(Cl)ccc3N2)ccc1OCCCCCCCOc1cccc(-c2cc(-c3cc(OC)c(OC)c(OC)c3)no2)c1OC. The Hall–Kier alpha value is -5.75. The number of ether oxygens (including phenoxy) is 7. The van der Waals surface area contributed by atoms with Gasteiger partial charge in [0.15, 0.2) is 40.3 Å². The fraction of sp³-hybridized carbons (Fsp3) is 0.317. The van der Waals surface area contributed by atoms with E-state index in [1.54, 1.807) is 53.7 Å². The number of para-hydroxylation sites is 1. The lowest BCUT2D eigenvalue weighted by molar-refractivity contribution is 0.0935. The zero-order chi connectivity index (χ0) is 38.0. The Morgan fingerprint density at radius 1 is 0.648 bits per heavy atom. The van der Waals surface area contributed by atoms with Gasteiger partial charge in [0, 0.05) is 22.3 Å². The van der Waals surface area contributed by atoms with Crippen molar-refractivity contribution in [3.05, 3.63) is 88.9 Å². The van der Waals surface area contributed by atoms with Crippen LogP contribution in [0.3, 0.4) is 0 Å². The molecule has 0 radical (unpaired) electrons. The largest absolute Gasteiger partial charge is 0.493 e. The van der Waals surface area contributed by atoms with E-state index in [9.17, 15) is 4.79 Å². The number of methoxy groups -OCH3 is 5. The first-order valence-corrected chi connectivity index (χ1v) is 18.0.